The number of rotatable bonds is 3. The minimum Gasteiger partial charge on any atom is -0.336 e. The van der Waals surface area contributed by atoms with E-state index in [0.717, 1.165) is 32.4 Å². The standard InChI is InChI=1S/C20H33N3O2/c1-15-20(25)22-13-5-7-17(22)14-23(15)19(24)10-9-16-6-4-12-21-11-3-2-8-18(16)21/h15-18H,2-14H2,1H3/t15-,16-,17-,18+/m0/s1. The Morgan fingerprint density at radius 1 is 1.04 bits per heavy atom. The second kappa shape index (κ2) is 7.26. The molecule has 4 saturated heterocycles. The SMILES string of the molecule is C[C@H]1C(=O)N2CCC[C@H]2CN1C(=O)CC[C@@H]1CCCN2CCCC[C@H]12. The fourth-order valence-corrected chi connectivity index (χ4v) is 5.76. The third kappa shape index (κ3) is 3.32. The van der Waals surface area contributed by atoms with Crippen LogP contribution in [-0.2, 0) is 9.59 Å². The van der Waals surface area contributed by atoms with Gasteiger partial charge in [0.1, 0.15) is 6.04 Å². The van der Waals surface area contributed by atoms with Gasteiger partial charge in [-0.3, -0.25) is 9.59 Å². The van der Waals surface area contributed by atoms with Crippen molar-refractivity contribution in [1.29, 1.82) is 0 Å². The Morgan fingerprint density at radius 3 is 2.72 bits per heavy atom. The zero-order valence-corrected chi connectivity index (χ0v) is 15.7. The molecule has 0 aromatic carbocycles. The lowest BCUT2D eigenvalue weighted by Gasteiger charge is -2.45. The van der Waals surface area contributed by atoms with E-state index in [4.69, 9.17) is 0 Å². The molecule has 0 N–H and O–H groups in total. The van der Waals surface area contributed by atoms with Crippen LogP contribution >= 0.6 is 0 Å². The highest BCUT2D eigenvalue weighted by atomic mass is 16.2. The highest BCUT2D eigenvalue weighted by molar-refractivity contribution is 5.89. The van der Waals surface area contributed by atoms with Crippen LogP contribution < -0.4 is 0 Å². The molecule has 2 amide bonds. The van der Waals surface area contributed by atoms with Crippen LogP contribution in [0.2, 0.25) is 0 Å². The summed E-state index contributed by atoms with van der Waals surface area (Å²) in [6.45, 7) is 6.06. The van der Waals surface area contributed by atoms with Crippen molar-refractivity contribution in [3.8, 4) is 0 Å². The van der Waals surface area contributed by atoms with E-state index < -0.39 is 0 Å². The van der Waals surface area contributed by atoms with Gasteiger partial charge >= 0.3 is 0 Å². The summed E-state index contributed by atoms with van der Waals surface area (Å²) in [7, 11) is 0. The number of carbonyl (C=O) groups excluding carboxylic acids is 2. The van der Waals surface area contributed by atoms with Crippen LogP contribution in [0, 0.1) is 5.92 Å². The molecule has 140 valence electrons. The van der Waals surface area contributed by atoms with Gasteiger partial charge in [-0.2, -0.15) is 0 Å². The van der Waals surface area contributed by atoms with E-state index in [-0.39, 0.29) is 23.9 Å². The minimum absolute atomic E-state index is 0.165. The van der Waals surface area contributed by atoms with Crippen LogP contribution in [0.15, 0.2) is 0 Å². The molecule has 0 saturated carbocycles. The molecule has 5 nitrogen and oxygen atoms in total. The van der Waals surface area contributed by atoms with Gasteiger partial charge in [0.05, 0.1) is 0 Å². The highest BCUT2D eigenvalue weighted by Gasteiger charge is 2.42. The third-order valence-electron chi connectivity index (χ3n) is 7.17. The molecular formula is C20H33N3O2. The van der Waals surface area contributed by atoms with Crippen LogP contribution in [-0.4, -0.2) is 70.8 Å². The highest BCUT2D eigenvalue weighted by Crippen LogP contribution is 2.34. The van der Waals surface area contributed by atoms with E-state index in [2.05, 4.69) is 4.90 Å². The maximum absolute atomic E-state index is 12.9. The lowest BCUT2D eigenvalue weighted by atomic mass is 9.81. The fraction of sp³-hybridized carbons (Fsp3) is 0.900. The number of hydrogen-bond donors (Lipinski definition) is 0. The van der Waals surface area contributed by atoms with E-state index >= 15 is 0 Å². The first kappa shape index (κ1) is 17.3. The molecule has 0 aliphatic carbocycles. The Balaban J connectivity index is 1.34. The Kier molecular flexibility index (Phi) is 5.03. The third-order valence-corrected chi connectivity index (χ3v) is 7.17. The average Bonchev–Trinajstić information content (AvgIpc) is 3.11. The van der Waals surface area contributed by atoms with Crippen molar-refractivity contribution in [3.05, 3.63) is 0 Å². The van der Waals surface area contributed by atoms with E-state index in [1.165, 1.54) is 45.2 Å². The van der Waals surface area contributed by atoms with E-state index in [1.807, 2.05) is 16.7 Å². The maximum atomic E-state index is 12.9. The first-order valence-corrected chi connectivity index (χ1v) is 10.5. The summed E-state index contributed by atoms with van der Waals surface area (Å²) in [5.41, 5.74) is 0. The van der Waals surface area contributed by atoms with E-state index in [9.17, 15) is 9.59 Å². The number of nitrogens with zero attached hydrogens (tertiary/aromatic N) is 3. The van der Waals surface area contributed by atoms with Gasteiger partial charge in [-0.15, -0.1) is 0 Å². The molecule has 4 atom stereocenters. The van der Waals surface area contributed by atoms with Crippen molar-refractivity contribution in [2.24, 2.45) is 5.92 Å². The number of amides is 2. The minimum atomic E-state index is -0.264. The molecule has 5 heteroatoms. The summed E-state index contributed by atoms with van der Waals surface area (Å²) >= 11 is 0. The number of fused-ring (bicyclic) bond motifs is 2. The molecule has 4 fully saturated rings. The van der Waals surface area contributed by atoms with Crippen LogP contribution in [0.4, 0.5) is 0 Å². The summed E-state index contributed by atoms with van der Waals surface area (Å²) in [4.78, 5) is 32.0. The maximum Gasteiger partial charge on any atom is 0.245 e. The molecule has 0 aromatic heterocycles. The van der Waals surface area contributed by atoms with Gasteiger partial charge in [-0.1, -0.05) is 6.42 Å². The van der Waals surface area contributed by atoms with Crippen molar-refractivity contribution in [2.75, 3.05) is 26.2 Å². The summed E-state index contributed by atoms with van der Waals surface area (Å²) in [5.74, 6) is 1.05. The lowest BCUT2D eigenvalue weighted by Crippen LogP contribution is -2.60. The predicted octanol–water partition coefficient (Wildman–Crippen LogP) is 2.25. The summed E-state index contributed by atoms with van der Waals surface area (Å²) < 4.78 is 0. The van der Waals surface area contributed by atoms with Gasteiger partial charge < -0.3 is 14.7 Å². The van der Waals surface area contributed by atoms with Gasteiger partial charge in [-0.25, -0.2) is 0 Å². The Bertz CT molecular complexity index is 521. The second-order valence-corrected chi connectivity index (χ2v) is 8.59. The molecular weight excluding hydrogens is 314 g/mol. The number of piperidine rings is 2. The van der Waals surface area contributed by atoms with Crippen molar-refractivity contribution < 1.29 is 9.59 Å². The van der Waals surface area contributed by atoms with Gasteiger partial charge in [-0.05, 0) is 70.9 Å². The van der Waals surface area contributed by atoms with Crippen molar-refractivity contribution in [2.45, 2.75) is 82.8 Å². The van der Waals surface area contributed by atoms with E-state index in [1.54, 1.807) is 0 Å². The zero-order chi connectivity index (χ0) is 17.4. The van der Waals surface area contributed by atoms with Crippen LogP contribution in [0.25, 0.3) is 0 Å². The fourth-order valence-electron chi connectivity index (χ4n) is 5.76. The van der Waals surface area contributed by atoms with Crippen LogP contribution in [0.3, 0.4) is 0 Å². The Labute approximate surface area is 151 Å². The quantitative estimate of drug-likeness (QED) is 0.786. The first-order valence-electron chi connectivity index (χ1n) is 10.5. The molecule has 0 radical (unpaired) electrons. The van der Waals surface area contributed by atoms with Gasteiger partial charge in [0.2, 0.25) is 11.8 Å². The van der Waals surface area contributed by atoms with Crippen molar-refractivity contribution in [1.82, 2.24) is 14.7 Å². The molecule has 4 aliphatic rings. The molecule has 0 unspecified atom stereocenters. The lowest BCUT2D eigenvalue weighted by molar-refractivity contribution is -0.152. The molecule has 0 spiro atoms. The number of piperazine rings is 1. The predicted molar refractivity (Wildman–Crippen MR) is 97.1 cm³/mol. The monoisotopic (exact) mass is 347 g/mol. The smallest absolute Gasteiger partial charge is 0.245 e. The normalized spacial score (nSPS) is 36.3. The number of carbonyl (C=O) groups is 2. The molecule has 0 bridgehead atoms. The zero-order valence-electron chi connectivity index (χ0n) is 15.7. The summed E-state index contributed by atoms with van der Waals surface area (Å²) in [5, 5.41) is 0. The van der Waals surface area contributed by atoms with Crippen molar-refractivity contribution in [3.63, 3.8) is 0 Å². The number of hydrogen-bond acceptors (Lipinski definition) is 3. The van der Waals surface area contributed by atoms with Crippen LogP contribution in [0.5, 0.6) is 0 Å². The van der Waals surface area contributed by atoms with E-state index in [0.29, 0.717) is 18.4 Å². The van der Waals surface area contributed by atoms with Gasteiger partial charge in [0.25, 0.3) is 0 Å². The molecule has 0 aromatic rings. The molecule has 4 aliphatic heterocycles. The average molecular weight is 348 g/mol. The topological polar surface area (TPSA) is 43.9 Å². The summed E-state index contributed by atoms with van der Waals surface area (Å²) in [6, 6.07) is 0.719. The Hall–Kier alpha value is -1.10. The molecule has 25 heavy (non-hydrogen) atoms. The van der Waals surface area contributed by atoms with Crippen molar-refractivity contribution >= 4 is 11.8 Å². The largest absolute Gasteiger partial charge is 0.336 e. The second-order valence-electron chi connectivity index (χ2n) is 8.59. The Morgan fingerprint density at radius 2 is 1.84 bits per heavy atom. The molecule has 4 rings (SSSR count). The van der Waals surface area contributed by atoms with Gasteiger partial charge in [0.15, 0.2) is 0 Å². The van der Waals surface area contributed by atoms with Crippen LogP contribution in [0.1, 0.15) is 64.7 Å². The molecule has 4 heterocycles. The summed E-state index contributed by atoms with van der Waals surface area (Å²) in [6.07, 6.45) is 10.3. The first-order chi connectivity index (χ1) is 12.1. The van der Waals surface area contributed by atoms with Gasteiger partial charge in [0, 0.05) is 31.6 Å².